The van der Waals surface area contributed by atoms with Crippen LogP contribution in [0.15, 0.2) is 66.0 Å². The summed E-state index contributed by atoms with van der Waals surface area (Å²) in [4.78, 5) is 7.70. The molecule has 0 amide bonds. The molecule has 4 aromatic rings. The van der Waals surface area contributed by atoms with Gasteiger partial charge in [-0.25, -0.2) is 8.42 Å². The number of sulfonamides is 1. The van der Waals surface area contributed by atoms with Gasteiger partial charge >= 0.3 is 0 Å². The van der Waals surface area contributed by atoms with Crippen molar-refractivity contribution in [1.29, 1.82) is 5.26 Å². The highest BCUT2D eigenvalue weighted by Crippen LogP contribution is 2.31. The number of hydrogen-bond donors (Lipinski definition) is 2. The Labute approximate surface area is 218 Å². The molecule has 0 aliphatic rings. The van der Waals surface area contributed by atoms with Gasteiger partial charge in [0.05, 0.1) is 16.1 Å². The Hall–Kier alpha value is -3.93. The molecule has 0 saturated heterocycles. The average Bonchev–Trinajstić information content (AvgIpc) is 3.34. The molecule has 4 rings (SSSR count). The van der Waals surface area contributed by atoms with E-state index >= 15 is 0 Å². The fraction of sp³-hybridized carbons (Fsp3) is 0.241. The number of nitrogens with one attached hydrogen (secondary N) is 2. The average molecular weight is 514 g/mol. The number of aromatic nitrogens is 2. The number of hydrogen-bond acceptors (Lipinski definition) is 5. The summed E-state index contributed by atoms with van der Waals surface area (Å²) in [7, 11) is -3.60. The van der Waals surface area contributed by atoms with Gasteiger partial charge in [0.2, 0.25) is 10.0 Å². The van der Waals surface area contributed by atoms with E-state index in [9.17, 15) is 13.7 Å². The van der Waals surface area contributed by atoms with Crippen LogP contribution in [0.1, 0.15) is 49.9 Å². The number of aryl methyl sites for hydroxylation is 1. The van der Waals surface area contributed by atoms with E-state index in [-0.39, 0.29) is 17.0 Å². The summed E-state index contributed by atoms with van der Waals surface area (Å²) >= 11 is 0. The summed E-state index contributed by atoms with van der Waals surface area (Å²) in [5.74, 6) is 0. The van der Waals surface area contributed by atoms with E-state index in [1.807, 2.05) is 71.2 Å². The Bertz CT molecular complexity index is 1590. The third-order valence-electron chi connectivity index (χ3n) is 6.29. The van der Waals surface area contributed by atoms with E-state index in [4.69, 9.17) is 0 Å². The van der Waals surface area contributed by atoms with Gasteiger partial charge in [-0.1, -0.05) is 24.3 Å². The summed E-state index contributed by atoms with van der Waals surface area (Å²) in [6.07, 6.45) is 8.90. The first-order valence-electron chi connectivity index (χ1n) is 12.2. The molecule has 8 heteroatoms. The number of H-pyrrole nitrogens is 1. The zero-order valence-electron chi connectivity index (χ0n) is 21.6. The van der Waals surface area contributed by atoms with Crippen LogP contribution in [0.3, 0.4) is 0 Å². The standard InChI is InChI=1S/C29H31N5O2S/c1-19(2)34(20(3)4)37(35,36)25-10-7-22(8-11-25)6-9-23-17-31-18-24(16-30)29(23)33-27-12-13-28-26(21(27)5)14-15-32-28/h6-15,17-20,32H,1-5H3,(H,31,33)/b9-6+. The topological polar surface area (TPSA) is 102 Å². The molecule has 0 saturated carbocycles. The number of anilines is 2. The van der Waals surface area contributed by atoms with Crippen molar-refractivity contribution in [3.63, 3.8) is 0 Å². The number of aromatic amines is 1. The number of nitriles is 1. The van der Waals surface area contributed by atoms with Crippen molar-refractivity contribution in [2.75, 3.05) is 5.32 Å². The van der Waals surface area contributed by atoms with Crippen LogP contribution < -0.4 is 5.32 Å². The third-order valence-corrected chi connectivity index (χ3v) is 8.55. The van der Waals surface area contributed by atoms with Crippen LogP contribution in [0.25, 0.3) is 23.1 Å². The molecule has 0 fully saturated rings. The Kier molecular flexibility index (Phi) is 7.48. The summed E-state index contributed by atoms with van der Waals surface area (Å²) in [6.45, 7) is 9.54. The molecule has 190 valence electrons. The maximum absolute atomic E-state index is 13.1. The Balaban J connectivity index is 1.64. The number of benzene rings is 2. The quantitative estimate of drug-likeness (QED) is 0.281. The molecule has 2 aromatic heterocycles. The predicted molar refractivity (Wildman–Crippen MR) is 150 cm³/mol. The molecule has 0 radical (unpaired) electrons. The molecule has 0 aliphatic heterocycles. The van der Waals surface area contributed by atoms with Crippen molar-refractivity contribution in [3.8, 4) is 6.07 Å². The molecular weight excluding hydrogens is 482 g/mol. The van der Waals surface area contributed by atoms with E-state index in [1.165, 1.54) is 4.31 Å². The number of fused-ring (bicyclic) bond motifs is 1. The van der Waals surface area contributed by atoms with Crippen molar-refractivity contribution in [1.82, 2.24) is 14.3 Å². The van der Waals surface area contributed by atoms with E-state index in [1.54, 1.807) is 36.7 Å². The minimum absolute atomic E-state index is 0.142. The lowest BCUT2D eigenvalue weighted by Crippen LogP contribution is -2.41. The van der Waals surface area contributed by atoms with Crippen LogP contribution in [-0.4, -0.2) is 34.8 Å². The van der Waals surface area contributed by atoms with Gasteiger partial charge in [0, 0.05) is 52.8 Å². The van der Waals surface area contributed by atoms with Gasteiger partial charge in [-0.2, -0.15) is 9.57 Å². The van der Waals surface area contributed by atoms with Gasteiger partial charge in [0.25, 0.3) is 0 Å². The van der Waals surface area contributed by atoms with Crippen LogP contribution in [0, 0.1) is 18.3 Å². The third kappa shape index (κ3) is 5.29. The normalized spacial score (nSPS) is 12.2. The summed E-state index contributed by atoms with van der Waals surface area (Å²) in [5, 5.41) is 14.3. The Morgan fingerprint density at radius 1 is 1.00 bits per heavy atom. The second kappa shape index (κ2) is 10.6. The lowest BCUT2D eigenvalue weighted by molar-refractivity contribution is 0.302. The largest absolute Gasteiger partial charge is 0.361 e. The number of nitrogens with zero attached hydrogens (tertiary/aromatic N) is 3. The maximum Gasteiger partial charge on any atom is 0.243 e. The molecule has 0 bridgehead atoms. The van der Waals surface area contributed by atoms with Crippen molar-refractivity contribution >= 4 is 44.5 Å². The lowest BCUT2D eigenvalue weighted by atomic mass is 10.1. The first kappa shape index (κ1) is 26.1. The minimum atomic E-state index is -3.60. The van der Waals surface area contributed by atoms with E-state index in [0.29, 0.717) is 11.3 Å². The zero-order valence-corrected chi connectivity index (χ0v) is 22.5. The van der Waals surface area contributed by atoms with Crippen molar-refractivity contribution < 1.29 is 8.42 Å². The van der Waals surface area contributed by atoms with Gasteiger partial charge in [-0.3, -0.25) is 4.98 Å². The monoisotopic (exact) mass is 513 g/mol. The fourth-order valence-electron chi connectivity index (χ4n) is 4.59. The second-order valence-electron chi connectivity index (χ2n) is 9.49. The Morgan fingerprint density at radius 3 is 2.35 bits per heavy atom. The lowest BCUT2D eigenvalue weighted by Gasteiger charge is -2.29. The highest BCUT2D eigenvalue weighted by molar-refractivity contribution is 7.89. The van der Waals surface area contributed by atoms with Crippen LogP contribution in [0.5, 0.6) is 0 Å². The highest BCUT2D eigenvalue weighted by atomic mass is 32.2. The van der Waals surface area contributed by atoms with Gasteiger partial charge < -0.3 is 10.3 Å². The van der Waals surface area contributed by atoms with E-state index < -0.39 is 10.0 Å². The molecule has 2 heterocycles. The molecule has 7 nitrogen and oxygen atoms in total. The molecule has 0 atom stereocenters. The van der Waals surface area contributed by atoms with Crippen LogP contribution in [-0.2, 0) is 10.0 Å². The summed E-state index contributed by atoms with van der Waals surface area (Å²) < 4.78 is 27.8. The Morgan fingerprint density at radius 2 is 1.70 bits per heavy atom. The molecule has 0 aliphatic carbocycles. The predicted octanol–water partition coefficient (Wildman–Crippen LogP) is 6.46. The SMILES string of the molecule is Cc1c(Nc2c(C#N)cncc2/C=C/c2ccc(S(=O)(=O)N(C(C)C)C(C)C)cc2)ccc2[nH]ccc12. The van der Waals surface area contributed by atoms with Crippen LogP contribution in [0.4, 0.5) is 11.4 Å². The van der Waals surface area contributed by atoms with Crippen LogP contribution in [0.2, 0.25) is 0 Å². The molecule has 0 unspecified atom stereocenters. The molecule has 2 N–H and O–H groups in total. The molecular formula is C29H31N5O2S. The van der Waals surface area contributed by atoms with Gasteiger partial charge in [0.1, 0.15) is 6.07 Å². The van der Waals surface area contributed by atoms with Crippen molar-refractivity contribution in [2.45, 2.75) is 51.6 Å². The van der Waals surface area contributed by atoms with Gasteiger partial charge in [0.15, 0.2) is 0 Å². The van der Waals surface area contributed by atoms with Crippen molar-refractivity contribution in [3.05, 3.63) is 83.3 Å². The minimum Gasteiger partial charge on any atom is -0.361 e. The summed E-state index contributed by atoms with van der Waals surface area (Å²) in [5.41, 5.74) is 5.69. The van der Waals surface area contributed by atoms with E-state index in [2.05, 4.69) is 21.4 Å². The number of rotatable bonds is 8. The van der Waals surface area contributed by atoms with Crippen LogP contribution >= 0.6 is 0 Å². The van der Waals surface area contributed by atoms with Gasteiger partial charge in [-0.15, -0.1) is 0 Å². The molecule has 37 heavy (non-hydrogen) atoms. The maximum atomic E-state index is 13.1. The second-order valence-corrected chi connectivity index (χ2v) is 11.3. The summed E-state index contributed by atoms with van der Waals surface area (Å²) in [6, 6.07) is 14.8. The highest BCUT2D eigenvalue weighted by Gasteiger charge is 2.29. The molecule has 0 spiro atoms. The van der Waals surface area contributed by atoms with E-state index in [0.717, 1.165) is 33.3 Å². The number of pyridine rings is 1. The zero-order chi connectivity index (χ0) is 26.7. The first-order valence-corrected chi connectivity index (χ1v) is 13.6. The first-order chi connectivity index (χ1) is 17.6. The smallest absolute Gasteiger partial charge is 0.243 e. The fourth-order valence-corrected chi connectivity index (χ4v) is 6.43. The van der Waals surface area contributed by atoms with Crippen molar-refractivity contribution in [2.24, 2.45) is 0 Å². The molecule has 2 aromatic carbocycles. The van der Waals surface area contributed by atoms with Gasteiger partial charge in [-0.05, 0) is 76.1 Å².